The van der Waals surface area contributed by atoms with Crippen LogP contribution >= 0.6 is 11.6 Å². The van der Waals surface area contributed by atoms with Crippen molar-refractivity contribution in [1.29, 1.82) is 0 Å². The zero-order valence-corrected chi connectivity index (χ0v) is 18.1. The molecule has 3 amide bonds. The van der Waals surface area contributed by atoms with Crippen LogP contribution in [0.15, 0.2) is 42.5 Å². The summed E-state index contributed by atoms with van der Waals surface area (Å²) < 4.78 is 0. The van der Waals surface area contributed by atoms with Crippen molar-refractivity contribution in [2.45, 2.75) is 39.7 Å². The molecule has 3 rings (SSSR count). The van der Waals surface area contributed by atoms with Gasteiger partial charge in [0.05, 0.1) is 10.6 Å². The molecule has 0 saturated carbocycles. The van der Waals surface area contributed by atoms with Gasteiger partial charge in [-0.1, -0.05) is 37.6 Å². The van der Waals surface area contributed by atoms with Crippen molar-refractivity contribution in [1.82, 2.24) is 5.32 Å². The molecule has 1 aliphatic heterocycles. The lowest BCUT2D eigenvalue weighted by Gasteiger charge is -2.29. The Morgan fingerprint density at radius 1 is 1.10 bits per heavy atom. The third kappa shape index (κ3) is 4.82. The van der Waals surface area contributed by atoms with Crippen LogP contribution in [-0.4, -0.2) is 30.3 Å². The number of hydrogen-bond acceptors (Lipinski definition) is 3. The molecule has 0 spiro atoms. The zero-order valence-electron chi connectivity index (χ0n) is 17.4. The molecule has 1 atom stereocenters. The molecule has 2 N–H and O–H groups in total. The van der Waals surface area contributed by atoms with Crippen LogP contribution in [-0.2, 0) is 16.0 Å². The van der Waals surface area contributed by atoms with Crippen LogP contribution < -0.4 is 15.5 Å². The molecular weight excluding hydrogens is 402 g/mol. The Hall–Kier alpha value is -2.86. The summed E-state index contributed by atoms with van der Waals surface area (Å²) in [6.45, 7) is 6.00. The SMILES string of the molecule is CC(=O)N1CCCc2cc(NC(=O)C(NC(=O)c3ccccc3Cl)C(C)C)ccc21. The Bertz CT molecular complexity index is 974. The predicted octanol–water partition coefficient (Wildman–Crippen LogP) is 4.03. The van der Waals surface area contributed by atoms with Crippen molar-refractivity contribution in [3.05, 3.63) is 58.6 Å². The molecule has 1 heterocycles. The fraction of sp³-hybridized carbons (Fsp3) is 0.348. The van der Waals surface area contributed by atoms with E-state index in [4.69, 9.17) is 11.6 Å². The van der Waals surface area contributed by atoms with Gasteiger partial charge in [0.2, 0.25) is 11.8 Å². The van der Waals surface area contributed by atoms with Crippen molar-refractivity contribution in [3.63, 3.8) is 0 Å². The van der Waals surface area contributed by atoms with E-state index in [0.29, 0.717) is 22.8 Å². The van der Waals surface area contributed by atoms with Crippen LogP contribution in [0.3, 0.4) is 0 Å². The fourth-order valence-electron chi connectivity index (χ4n) is 3.62. The highest BCUT2D eigenvalue weighted by atomic mass is 35.5. The van der Waals surface area contributed by atoms with E-state index in [-0.39, 0.29) is 17.7 Å². The molecule has 1 aliphatic rings. The molecule has 0 radical (unpaired) electrons. The van der Waals surface area contributed by atoms with E-state index in [1.165, 1.54) is 0 Å². The molecule has 0 saturated heterocycles. The number of carbonyl (C=O) groups excluding carboxylic acids is 3. The third-order valence-electron chi connectivity index (χ3n) is 5.20. The summed E-state index contributed by atoms with van der Waals surface area (Å²) in [6, 6.07) is 11.5. The topological polar surface area (TPSA) is 78.5 Å². The zero-order chi connectivity index (χ0) is 21.8. The number of anilines is 2. The standard InChI is InChI=1S/C23H26ClN3O3/c1-14(2)21(26-22(29)18-8-4-5-9-19(18)24)23(30)25-17-10-11-20-16(13-17)7-6-12-27(20)15(3)28/h4-5,8-11,13-14,21H,6-7,12H2,1-3H3,(H,25,30)(H,26,29). The lowest BCUT2D eigenvalue weighted by atomic mass is 10.00. The Kier molecular flexibility index (Phi) is 6.77. The number of nitrogens with one attached hydrogen (secondary N) is 2. The van der Waals surface area contributed by atoms with Crippen LogP contribution in [0.5, 0.6) is 0 Å². The smallest absolute Gasteiger partial charge is 0.253 e. The molecule has 6 nitrogen and oxygen atoms in total. The number of amides is 3. The highest BCUT2D eigenvalue weighted by Crippen LogP contribution is 2.30. The van der Waals surface area contributed by atoms with Crippen molar-refractivity contribution in [2.75, 3.05) is 16.8 Å². The first-order chi connectivity index (χ1) is 14.3. The minimum atomic E-state index is -0.724. The predicted molar refractivity (Wildman–Crippen MR) is 119 cm³/mol. The molecule has 2 aromatic carbocycles. The Morgan fingerprint density at radius 2 is 1.83 bits per heavy atom. The van der Waals surface area contributed by atoms with E-state index in [1.807, 2.05) is 26.0 Å². The van der Waals surface area contributed by atoms with Gasteiger partial charge in [-0.25, -0.2) is 0 Å². The minimum Gasteiger partial charge on any atom is -0.340 e. The third-order valence-corrected chi connectivity index (χ3v) is 5.53. The maximum absolute atomic E-state index is 12.9. The van der Waals surface area contributed by atoms with Gasteiger partial charge in [0, 0.05) is 24.8 Å². The van der Waals surface area contributed by atoms with Gasteiger partial charge in [-0.05, 0) is 54.7 Å². The first kappa shape index (κ1) is 21.8. The number of rotatable bonds is 5. The summed E-state index contributed by atoms with van der Waals surface area (Å²) in [4.78, 5) is 39.1. The average molecular weight is 428 g/mol. The quantitative estimate of drug-likeness (QED) is 0.756. The average Bonchev–Trinajstić information content (AvgIpc) is 2.71. The maximum atomic E-state index is 12.9. The van der Waals surface area contributed by atoms with E-state index in [1.54, 1.807) is 42.2 Å². The van der Waals surface area contributed by atoms with Gasteiger partial charge in [0.25, 0.3) is 5.91 Å². The molecule has 0 aliphatic carbocycles. The second-order valence-electron chi connectivity index (χ2n) is 7.78. The number of aryl methyl sites for hydroxylation is 1. The van der Waals surface area contributed by atoms with E-state index in [2.05, 4.69) is 10.6 Å². The summed E-state index contributed by atoms with van der Waals surface area (Å²) in [5.74, 6) is -0.807. The first-order valence-electron chi connectivity index (χ1n) is 10.0. The number of nitrogens with zero attached hydrogens (tertiary/aromatic N) is 1. The number of benzene rings is 2. The molecule has 0 fully saturated rings. The number of carbonyl (C=O) groups is 3. The molecule has 0 bridgehead atoms. The van der Waals surface area contributed by atoms with E-state index >= 15 is 0 Å². The van der Waals surface area contributed by atoms with Gasteiger partial charge < -0.3 is 15.5 Å². The number of fused-ring (bicyclic) bond motifs is 1. The van der Waals surface area contributed by atoms with Crippen molar-refractivity contribution in [3.8, 4) is 0 Å². The lowest BCUT2D eigenvalue weighted by Crippen LogP contribution is -2.47. The highest BCUT2D eigenvalue weighted by Gasteiger charge is 2.26. The van der Waals surface area contributed by atoms with Crippen LogP contribution in [0.1, 0.15) is 43.1 Å². The molecule has 30 heavy (non-hydrogen) atoms. The van der Waals surface area contributed by atoms with Gasteiger partial charge in [-0.3, -0.25) is 14.4 Å². The first-order valence-corrected chi connectivity index (χ1v) is 10.4. The van der Waals surface area contributed by atoms with Gasteiger partial charge in [0.1, 0.15) is 6.04 Å². The van der Waals surface area contributed by atoms with Crippen molar-refractivity contribution >= 4 is 40.7 Å². The highest BCUT2D eigenvalue weighted by molar-refractivity contribution is 6.33. The summed E-state index contributed by atoms with van der Waals surface area (Å²) >= 11 is 6.10. The second kappa shape index (κ2) is 9.30. The molecule has 0 aromatic heterocycles. The second-order valence-corrected chi connectivity index (χ2v) is 8.19. The van der Waals surface area contributed by atoms with Gasteiger partial charge in [0.15, 0.2) is 0 Å². The summed E-state index contributed by atoms with van der Waals surface area (Å²) in [7, 11) is 0. The molecule has 158 valence electrons. The van der Waals surface area contributed by atoms with Gasteiger partial charge in [-0.2, -0.15) is 0 Å². The van der Waals surface area contributed by atoms with Crippen molar-refractivity contribution in [2.24, 2.45) is 5.92 Å². The summed E-state index contributed by atoms with van der Waals surface area (Å²) in [5, 5.41) is 6.02. The minimum absolute atomic E-state index is 0.00916. The lowest BCUT2D eigenvalue weighted by molar-refractivity contribution is -0.119. The maximum Gasteiger partial charge on any atom is 0.253 e. The van der Waals surface area contributed by atoms with Gasteiger partial charge in [-0.15, -0.1) is 0 Å². The number of halogens is 1. The number of hydrogen-bond donors (Lipinski definition) is 2. The van der Waals surface area contributed by atoms with Crippen LogP contribution in [0.4, 0.5) is 11.4 Å². The monoisotopic (exact) mass is 427 g/mol. The Morgan fingerprint density at radius 3 is 2.50 bits per heavy atom. The molecule has 1 unspecified atom stereocenters. The Balaban J connectivity index is 1.75. The van der Waals surface area contributed by atoms with E-state index in [9.17, 15) is 14.4 Å². The molecule has 7 heteroatoms. The van der Waals surface area contributed by atoms with Crippen LogP contribution in [0.2, 0.25) is 5.02 Å². The van der Waals surface area contributed by atoms with Crippen LogP contribution in [0.25, 0.3) is 0 Å². The molecular formula is C23H26ClN3O3. The fourth-order valence-corrected chi connectivity index (χ4v) is 3.84. The largest absolute Gasteiger partial charge is 0.340 e. The Labute approximate surface area is 181 Å². The van der Waals surface area contributed by atoms with Crippen molar-refractivity contribution < 1.29 is 14.4 Å². The van der Waals surface area contributed by atoms with E-state index in [0.717, 1.165) is 24.1 Å². The normalized spacial score (nSPS) is 14.1. The van der Waals surface area contributed by atoms with E-state index < -0.39 is 11.9 Å². The van der Waals surface area contributed by atoms with Crippen LogP contribution in [0, 0.1) is 5.92 Å². The van der Waals surface area contributed by atoms with Gasteiger partial charge >= 0.3 is 0 Å². The summed E-state index contributed by atoms with van der Waals surface area (Å²) in [5.41, 5.74) is 2.88. The summed E-state index contributed by atoms with van der Waals surface area (Å²) in [6.07, 6.45) is 1.73. The molecule has 2 aromatic rings.